The fraction of sp³-hybridized carbons (Fsp3) is 0.625. The van der Waals surface area contributed by atoms with Crippen LogP contribution in [-0.2, 0) is 10.0 Å². The Kier molecular flexibility index (Phi) is 5.41. The second-order valence-electron chi connectivity index (χ2n) is 6.18. The van der Waals surface area contributed by atoms with Crippen molar-refractivity contribution >= 4 is 10.0 Å². The molecule has 1 unspecified atom stereocenters. The van der Waals surface area contributed by atoms with E-state index in [0.717, 1.165) is 31.2 Å². The van der Waals surface area contributed by atoms with Crippen molar-refractivity contribution in [3.05, 3.63) is 35.9 Å². The summed E-state index contributed by atoms with van der Waals surface area (Å²) in [6.45, 7) is 1.97. The Morgan fingerprint density at radius 2 is 1.76 bits per heavy atom. The maximum atomic E-state index is 12.6. The fourth-order valence-corrected chi connectivity index (χ4v) is 4.73. The first kappa shape index (κ1) is 16.5. The molecule has 1 aromatic carbocycles. The first-order chi connectivity index (χ1) is 9.90. The van der Waals surface area contributed by atoms with E-state index < -0.39 is 10.0 Å². The van der Waals surface area contributed by atoms with Crippen molar-refractivity contribution in [1.82, 2.24) is 4.31 Å². The molecular formula is C16H26N2O2S. The zero-order chi connectivity index (χ0) is 15.5. The van der Waals surface area contributed by atoms with Gasteiger partial charge < -0.3 is 5.73 Å². The molecule has 1 aliphatic rings. The third-order valence-corrected chi connectivity index (χ3v) is 6.62. The van der Waals surface area contributed by atoms with Crippen molar-refractivity contribution < 1.29 is 8.42 Å². The fourth-order valence-electron chi connectivity index (χ4n) is 3.00. The summed E-state index contributed by atoms with van der Waals surface area (Å²) in [7, 11) is -1.52. The average molecular weight is 310 g/mol. The minimum Gasteiger partial charge on any atom is -0.328 e. The Morgan fingerprint density at radius 1 is 1.19 bits per heavy atom. The molecular weight excluding hydrogens is 284 g/mol. The summed E-state index contributed by atoms with van der Waals surface area (Å²) in [5, 5.41) is 0. The Hall–Kier alpha value is -0.910. The van der Waals surface area contributed by atoms with Crippen LogP contribution in [0.3, 0.4) is 0 Å². The van der Waals surface area contributed by atoms with Crippen LogP contribution in [-0.4, -0.2) is 37.6 Å². The summed E-state index contributed by atoms with van der Waals surface area (Å²) in [6.07, 6.45) is 3.57. The molecule has 21 heavy (non-hydrogen) atoms. The number of benzene rings is 1. The van der Waals surface area contributed by atoms with E-state index in [9.17, 15) is 8.42 Å². The van der Waals surface area contributed by atoms with E-state index in [1.165, 1.54) is 0 Å². The predicted octanol–water partition coefficient (Wildman–Crippen LogP) is 2.32. The van der Waals surface area contributed by atoms with Crippen LogP contribution in [0.2, 0.25) is 0 Å². The van der Waals surface area contributed by atoms with Gasteiger partial charge in [-0.05, 0) is 37.2 Å². The second-order valence-corrected chi connectivity index (χ2v) is 8.25. The molecule has 4 nitrogen and oxygen atoms in total. The van der Waals surface area contributed by atoms with Crippen molar-refractivity contribution in [3.63, 3.8) is 0 Å². The minimum absolute atomic E-state index is 0.00416. The molecule has 0 bridgehead atoms. The van der Waals surface area contributed by atoms with Crippen LogP contribution in [0.4, 0.5) is 0 Å². The minimum atomic E-state index is -3.23. The third kappa shape index (κ3) is 4.28. The lowest BCUT2D eigenvalue weighted by molar-refractivity contribution is 0.268. The Labute approximate surface area is 128 Å². The first-order valence-electron chi connectivity index (χ1n) is 7.66. The summed E-state index contributed by atoms with van der Waals surface area (Å²) in [5.41, 5.74) is 6.96. The van der Waals surface area contributed by atoms with Gasteiger partial charge in [0.15, 0.2) is 0 Å². The normalized spacial score (nSPS) is 25.0. The quantitative estimate of drug-likeness (QED) is 0.908. The van der Waals surface area contributed by atoms with Gasteiger partial charge in [0.25, 0.3) is 0 Å². The Morgan fingerprint density at radius 3 is 2.33 bits per heavy atom. The van der Waals surface area contributed by atoms with Gasteiger partial charge in [0.2, 0.25) is 10.0 Å². The molecule has 2 N–H and O–H groups in total. The van der Waals surface area contributed by atoms with Crippen LogP contribution in [0.25, 0.3) is 0 Å². The zero-order valence-electron chi connectivity index (χ0n) is 12.9. The van der Waals surface area contributed by atoms with Gasteiger partial charge >= 0.3 is 0 Å². The van der Waals surface area contributed by atoms with Gasteiger partial charge in [-0.1, -0.05) is 37.3 Å². The van der Waals surface area contributed by atoms with E-state index in [-0.39, 0.29) is 23.8 Å². The van der Waals surface area contributed by atoms with Crippen LogP contribution in [0.5, 0.6) is 0 Å². The molecule has 1 atom stereocenters. The smallest absolute Gasteiger partial charge is 0.214 e. The Balaban J connectivity index is 2.01. The number of rotatable bonds is 5. The SMILES string of the molecule is CC(CS(=O)(=O)N(C)C1CCC(N)CC1)c1ccccc1. The lowest BCUT2D eigenvalue weighted by Gasteiger charge is -2.33. The molecule has 0 amide bonds. The zero-order valence-corrected chi connectivity index (χ0v) is 13.7. The van der Waals surface area contributed by atoms with Crippen LogP contribution in [0.15, 0.2) is 30.3 Å². The van der Waals surface area contributed by atoms with E-state index in [0.29, 0.717) is 0 Å². The maximum Gasteiger partial charge on any atom is 0.214 e. The average Bonchev–Trinajstić information content (AvgIpc) is 2.48. The summed E-state index contributed by atoms with van der Waals surface area (Å²) in [6, 6.07) is 10.2. The monoisotopic (exact) mass is 310 g/mol. The summed E-state index contributed by atoms with van der Waals surface area (Å²) >= 11 is 0. The molecule has 1 aliphatic carbocycles. The van der Waals surface area contributed by atoms with Gasteiger partial charge in [0.1, 0.15) is 0 Å². The Bertz CT molecular complexity index is 537. The lowest BCUT2D eigenvalue weighted by atomic mass is 9.92. The first-order valence-corrected chi connectivity index (χ1v) is 9.27. The van der Waals surface area contributed by atoms with Crippen molar-refractivity contribution in [3.8, 4) is 0 Å². The van der Waals surface area contributed by atoms with E-state index >= 15 is 0 Å². The van der Waals surface area contributed by atoms with Crippen LogP contribution >= 0.6 is 0 Å². The van der Waals surface area contributed by atoms with Crippen molar-refractivity contribution in [2.24, 2.45) is 5.73 Å². The maximum absolute atomic E-state index is 12.6. The van der Waals surface area contributed by atoms with E-state index in [1.54, 1.807) is 11.4 Å². The highest BCUT2D eigenvalue weighted by molar-refractivity contribution is 7.89. The van der Waals surface area contributed by atoms with E-state index in [1.807, 2.05) is 37.3 Å². The molecule has 5 heteroatoms. The van der Waals surface area contributed by atoms with Crippen molar-refractivity contribution in [2.45, 2.75) is 50.6 Å². The molecule has 0 aliphatic heterocycles. The van der Waals surface area contributed by atoms with E-state index in [4.69, 9.17) is 5.73 Å². The third-order valence-electron chi connectivity index (χ3n) is 4.52. The van der Waals surface area contributed by atoms with Crippen molar-refractivity contribution in [2.75, 3.05) is 12.8 Å². The highest BCUT2D eigenvalue weighted by atomic mass is 32.2. The molecule has 0 aromatic heterocycles. The molecule has 1 aromatic rings. The molecule has 1 fully saturated rings. The van der Waals surface area contributed by atoms with Gasteiger partial charge in [0, 0.05) is 19.1 Å². The largest absolute Gasteiger partial charge is 0.328 e. The summed E-state index contributed by atoms with van der Waals surface area (Å²) in [5.74, 6) is 0.167. The van der Waals surface area contributed by atoms with Gasteiger partial charge in [0.05, 0.1) is 5.75 Å². The number of sulfonamides is 1. The number of hydrogen-bond donors (Lipinski definition) is 1. The highest BCUT2D eigenvalue weighted by Gasteiger charge is 2.30. The lowest BCUT2D eigenvalue weighted by Crippen LogP contribution is -2.43. The van der Waals surface area contributed by atoms with Gasteiger partial charge in [-0.2, -0.15) is 0 Å². The van der Waals surface area contributed by atoms with Gasteiger partial charge in [-0.25, -0.2) is 12.7 Å². The van der Waals surface area contributed by atoms with E-state index in [2.05, 4.69) is 0 Å². The summed E-state index contributed by atoms with van der Waals surface area (Å²) in [4.78, 5) is 0. The van der Waals surface area contributed by atoms with Gasteiger partial charge in [-0.15, -0.1) is 0 Å². The molecule has 0 spiro atoms. The molecule has 118 valence electrons. The number of nitrogens with two attached hydrogens (primary N) is 1. The predicted molar refractivity (Wildman–Crippen MR) is 86.6 cm³/mol. The highest BCUT2D eigenvalue weighted by Crippen LogP contribution is 2.25. The topological polar surface area (TPSA) is 63.4 Å². The molecule has 0 radical (unpaired) electrons. The standard InChI is InChI=1S/C16H26N2O2S/c1-13(14-6-4-3-5-7-14)12-21(19,20)18(2)16-10-8-15(17)9-11-16/h3-7,13,15-16H,8-12,17H2,1-2H3. The van der Waals surface area contributed by atoms with Crippen molar-refractivity contribution in [1.29, 1.82) is 0 Å². The summed E-state index contributed by atoms with van der Waals surface area (Å²) < 4.78 is 26.8. The number of nitrogens with zero attached hydrogens (tertiary/aromatic N) is 1. The number of hydrogen-bond acceptors (Lipinski definition) is 3. The second kappa shape index (κ2) is 6.90. The van der Waals surface area contributed by atoms with Crippen LogP contribution in [0, 0.1) is 0 Å². The molecule has 2 rings (SSSR count). The van der Waals surface area contributed by atoms with Gasteiger partial charge in [-0.3, -0.25) is 0 Å². The molecule has 1 saturated carbocycles. The van der Waals surface area contributed by atoms with Crippen LogP contribution in [0.1, 0.15) is 44.1 Å². The van der Waals surface area contributed by atoms with Crippen LogP contribution < -0.4 is 5.73 Å². The molecule has 0 saturated heterocycles. The molecule has 0 heterocycles.